The van der Waals surface area contributed by atoms with Crippen molar-refractivity contribution in [3.8, 4) is 11.5 Å². The number of halogens is 1. The summed E-state index contributed by atoms with van der Waals surface area (Å²) < 4.78 is 25.2. The van der Waals surface area contributed by atoms with Gasteiger partial charge in [0.25, 0.3) is 0 Å². The standard InChI is InChI=1S/C28H38FN3O3/c1-4-32(5-2)28(33)23-7-6-12-30(19-23)17-21-8-10-26-24(15-21)20-31(13-14-35-26)18-22-9-11-27(34-3)25(29)16-22/h8-11,15-16,23H,4-7,12-14,17-20H2,1-3H3. The first-order chi connectivity index (χ1) is 17.0. The van der Waals surface area contributed by atoms with E-state index < -0.39 is 0 Å². The SMILES string of the molecule is CCN(CC)C(=O)C1CCCN(Cc2ccc3c(c2)CN(Cc2ccc(OC)c(F)c2)CCO3)C1. The van der Waals surface area contributed by atoms with E-state index in [1.54, 1.807) is 12.1 Å². The fourth-order valence-corrected chi connectivity index (χ4v) is 5.25. The highest BCUT2D eigenvalue weighted by Gasteiger charge is 2.28. The Labute approximate surface area is 208 Å². The van der Waals surface area contributed by atoms with E-state index in [0.717, 1.165) is 75.5 Å². The molecule has 4 rings (SSSR count). The lowest BCUT2D eigenvalue weighted by atomic mass is 9.95. The smallest absolute Gasteiger partial charge is 0.226 e. The highest BCUT2D eigenvalue weighted by molar-refractivity contribution is 5.79. The van der Waals surface area contributed by atoms with Crippen LogP contribution in [0.1, 0.15) is 43.4 Å². The van der Waals surface area contributed by atoms with E-state index in [0.29, 0.717) is 19.1 Å². The van der Waals surface area contributed by atoms with Crippen LogP contribution in [0.5, 0.6) is 11.5 Å². The van der Waals surface area contributed by atoms with Crippen LogP contribution < -0.4 is 9.47 Å². The second-order valence-electron chi connectivity index (χ2n) is 9.55. The highest BCUT2D eigenvalue weighted by atomic mass is 19.1. The summed E-state index contributed by atoms with van der Waals surface area (Å²) in [7, 11) is 1.48. The van der Waals surface area contributed by atoms with Gasteiger partial charge in [-0.25, -0.2) is 4.39 Å². The molecule has 1 saturated heterocycles. The number of hydrogen-bond acceptors (Lipinski definition) is 5. The van der Waals surface area contributed by atoms with Crippen molar-refractivity contribution < 1.29 is 18.7 Å². The van der Waals surface area contributed by atoms with Crippen molar-refractivity contribution in [3.05, 3.63) is 58.9 Å². The summed E-state index contributed by atoms with van der Waals surface area (Å²) in [6.45, 7) is 11.1. The monoisotopic (exact) mass is 483 g/mol. The van der Waals surface area contributed by atoms with Crippen LogP contribution in [0.3, 0.4) is 0 Å². The van der Waals surface area contributed by atoms with Gasteiger partial charge in [-0.2, -0.15) is 0 Å². The molecule has 2 aromatic rings. The Hall–Kier alpha value is -2.64. The molecule has 2 aromatic carbocycles. The van der Waals surface area contributed by atoms with Gasteiger partial charge in [-0.3, -0.25) is 14.6 Å². The lowest BCUT2D eigenvalue weighted by Gasteiger charge is -2.34. The minimum Gasteiger partial charge on any atom is -0.494 e. The summed E-state index contributed by atoms with van der Waals surface area (Å²) in [5.41, 5.74) is 3.31. The van der Waals surface area contributed by atoms with Crippen molar-refractivity contribution in [1.29, 1.82) is 0 Å². The fourth-order valence-electron chi connectivity index (χ4n) is 5.25. The molecule has 1 amide bonds. The topological polar surface area (TPSA) is 45.3 Å². The third kappa shape index (κ3) is 6.33. The van der Waals surface area contributed by atoms with Gasteiger partial charge < -0.3 is 14.4 Å². The first kappa shape index (κ1) is 25.5. The minimum atomic E-state index is -0.335. The summed E-state index contributed by atoms with van der Waals surface area (Å²) in [6.07, 6.45) is 2.03. The molecule has 1 atom stereocenters. The molecule has 2 aliphatic heterocycles. The predicted molar refractivity (Wildman–Crippen MR) is 135 cm³/mol. The first-order valence-corrected chi connectivity index (χ1v) is 12.8. The molecular formula is C28H38FN3O3. The summed E-state index contributed by atoms with van der Waals surface area (Å²) in [5.74, 6) is 1.24. The van der Waals surface area contributed by atoms with Crippen molar-refractivity contribution in [2.45, 2.75) is 46.3 Å². The average molecular weight is 484 g/mol. The van der Waals surface area contributed by atoms with Gasteiger partial charge in [-0.15, -0.1) is 0 Å². The Bertz CT molecular complexity index is 1010. The average Bonchev–Trinajstić information content (AvgIpc) is 3.06. The van der Waals surface area contributed by atoms with Gasteiger partial charge in [0.05, 0.1) is 13.0 Å². The molecule has 0 radical (unpaired) electrons. The molecule has 6 nitrogen and oxygen atoms in total. The number of hydrogen-bond donors (Lipinski definition) is 0. The fraction of sp³-hybridized carbons (Fsp3) is 0.536. The number of ether oxygens (including phenoxy) is 2. The van der Waals surface area contributed by atoms with Crippen molar-refractivity contribution in [2.24, 2.45) is 5.92 Å². The number of rotatable bonds is 8. The molecule has 7 heteroatoms. The lowest BCUT2D eigenvalue weighted by Crippen LogP contribution is -2.44. The number of benzene rings is 2. The third-order valence-electron chi connectivity index (χ3n) is 7.14. The second kappa shape index (κ2) is 11.9. The number of piperidine rings is 1. The number of carbonyl (C=O) groups excluding carboxylic acids is 1. The van der Waals surface area contributed by atoms with Crippen molar-refractivity contribution >= 4 is 5.91 Å². The molecule has 0 N–H and O–H groups in total. The number of nitrogens with zero attached hydrogens (tertiary/aromatic N) is 3. The Balaban J connectivity index is 1.41. The van der Waals surface area contributed by atoms with Gasteiger partial charge in [0.15, 0.2) is 11.6 Å². The first-order valence-electron chi connectivity index (χ1n) is 12.8. The minimum absolute atomic E-state index is 0.0909. The molecule has 2 heterocycles. The molecule has 190 valence electrons. The number of carbonyl (C=O) groups is 1. The van der Waals surface area contributed by atoms with Gasteiger partial charge >= 0.3 is 0 Å². The largest absolute Gasteiger partial charge is 0.494 e. The van der Waals surface area contributed by atoms with E-state index in [4.69, 9.17) is 9.47 Å². The van der Waals surface area contributed by atoms with E-state index in [1.807, 2.05) is 24.8 Å². The zero-order valence-corrected chi connectivity index (χ0v) is 21.3. The maximum Gasteiger partial charge on any atom is 0.226 e. The van der Waals surface area contributed by atoms with Crippen LogP contribution in [0.15, 0.2) is 36.4 Å². The highest BCUT2D eigenvalue weighted by Crippen LogP contribution is 2.28. The number of methoxy groups -OCH3 is 1. The van der Waals surface area contributed by atoms with E-state index >= 15 is 0 Å². The Morgan fingerprint density at radius 2 is 1.83 bits per heavy atom. The van der Waals surface area contributed by atoms with Gasteiger partial charge in [-0.1, -0.05) is 12.1 Å². The third-order valence-corrected chi connectivity index (χ3v) is 7.14. The molecular weight excluding hydrogens is 445 g/mol. The number of likely N-dealkylation sites (tertiary alicyclic amines) is 1. The Morgan fingerprint density at radius 1 is 1.09 bits per heavy atom. The quantitative estimate of drug-likeness (QED) is 0.560. The van der Waals surface area contributed by atoms with Gasteiger partial charge in [0.1, 0.15) is 12.4 Å². The van der Waals surface area contributed by atoms with Gasteiger partial charge in [0.2, 0.25) is 5.91 Å². The van der Waals surface area contributed by atoms with E-state index in [1.165, 1.54) is 12.7 Å². The summed E-state index contributed by atoms with van der Waals surface area (Å²) in [6, 6.07) is 11.6. The van der Waals surface area contributed by atoms with Crippen LogP contribution in [0.4, 0.5) is 4.39 Å². The Kier molecular flexibility index (Phi) is 8.63. The van der Waals surface area contributed by atoms with E-state index in [2.05, 4.69) is 28.0 Å². The normalized spacial score (nSPS) is 18.9. The molecule has 1 unspecified atom stereocenters. The molecule has 0 aliphatic carbocycles. The van der Waals surface area contributed by atoms with E-state index in [-0.39, 0.29) is 17.5 Å². The molecule has 0 spiro atoms. The maximum absolute atomic E-state index is 14.2. The molecule has 2 aliphatic rings. The van der Waals surface area contributed by atoms with Gasteiger partial charge in [0, 0.05) is 51.4 Å². The van der Waals surface area contributed by atoms with Crippen LogP contribution in [0.25, 0.3) is 0 Å². The van der Waals surface area contributed by atoms with Crippen LogP contribution in [0, 0.1) is 11.7 Å². The van der Waals surface area contributed by atoms with Crippen LogP contribution in [-0.2, 0) is 24.4 Å². The summed E-state index contributed by atoms with van der Waals surface area (Å²) in [4.78, 5) is 19.5. The molecule has 0 aromatic heterocycles. The molecule has 35 heavy (non-hydrogen) atoms. The molecule has 0 saturated carbocycles. The van der Waals surface area contributed by atoms with Crippen LogP contribution in [-0.4, -0.2) is 67.0 Å². The zero-order valence-electron chi connectivity index (χ0n) is 21.3. The van der Waals surface area contributed by atoms with Crippen molar-refractivity contribution in [1.82, 2.24) is 14.7 Å². The molecule has 0 bridgehead atoms. The van der Waals surface area contributed by atoms with Crippen LogP contribution >= 0.6 is 0 Å². The number of fused-ring (bicyclic) bond motifs is 1. The second-order valence-corrected chi connectivity index (χ2v) is 9.55. The van der Waals surface area contributed by atoms with Crippen LogP contribution in [0.2, 0.25) is 0 Å². The lowest BCUT2D eigenvalue weighted by molar-refractivity contribution is -0.137. The predicted octanol–water partition coefficient (Wildman–Crippen LogP) is 4.31. The summed E-state index contributed by atoms with van der Waals surface area (Å²) in [5, 5.41) is 0. The van der Waals surface area contributed by atoms with Gasteiger partial charge in [-0.05, 0) is 68.6 Å². The zero-order chi connectivity index (χ0) is 24.8. The van der Waals surface area contributed by atoms with Crippen molar-refractivity contribution in [3.63, 3.8) is 0 Å². The maximum atomic E-state index is 14.2. The van der Waals surface area contributed by atoms with Crippen molar-refractivity contribution in [2.75, 3.05) is 46.4 Å². The number of amides is 1. The van der Waals surface area contributed by atoms with E-state index in [9.17, 15) is 9.18 Å². The Morgan fingerprint density at radius 3 is 2.57 bits per heavy atom. The summed E-state index contributed by atoms with van der Waals surface area (Å²) >= 11 is 0. The molecule has 1 fully saturated rings.